The number of rotatable bonds is 3. The highest BCUT2D eigenvalue weighted by Crippen LogP contribution is 2.34. The number of amides is 1. The van der Waals surface area contributed by atoms with Crippen LogP contribution < -0.4 is 0 Å². The number of halogens is 2. The Labute approximate surface area is 170 Å². The van der Waals surface area contributed by atoms with Crippen LogP contribution in [0, 0.1) is 18.6 Å². The van der Waals surface area contributed by atoms with E-state index < -0.39 is 11.6 Å². The highest BCUT2D eigenvalue weighted by Gasteiger charge is 2.30. The zero-order chi connectivity index (χ0) is 20.5. The number of aliphatic imine (C=N–C) groups is 1. The van der Waals surface area contributed by atoms with Crippen molar-refractivity contribution in [2.24, 2.45) is 4.99 Å². The summed E-state index contributed by atoms with van der Waals surface area (Å²) in [7, 11) is 1.66. The Morgan fingerprint density at radius 1 is 1.07 bits per heavy atom. The molecular weight excluding hydrogens is 394 g/mol. The fourth-order valence-corrected chi connectivity index (χ4v) is 3.74. The number of amidine groups is 1. The van der Waals surface area contributed by atoms with Gasteiger partial charge >= 0.3 is 0 Å². The molecule has 2 aromatic carbocycles. The number of thioether (sulfide) groups is 1. The SMILES string of the molecule is Cc1ccc(N=C2S/C(=C\c3ccc(-c4ccc(F)cc4F)o3)C(=O)N2C)cc1. The fraction of sp³-hybridized carbons (Fsp3) is 0.0909. The summed E-state index contributed by atoms with van der Waals surface area (Å²) < 4.78 is 32.7. The predicted octanol–water partition coefficient (Wildman–Crippen LogP) is 5.77. The standard InChI is InChI=1S/C22H16F2N2O2S/c1-13-3-6-15(7-4-13)25-22-26(2)21(27)20(29-22)12-16-8-10-19(28-16)17-9-5-14(23)11-18(17)24/h3-12H,1-2H3/b20-12-,25-22?. The number of hydrogen-bond acceptors (Lipinski definition) is 4. The van der Waals surface area contributed by atoms with Crippen molar-refractivity contribution in [3.63, 3.8) is 0 Å². The van der Waals surface area contributed by atoms with Crippen molar-refractivity contribution < 1.29 is 18.0 Å². The molecule has 0 unspecified atom stereocenters. The third-order valence-corrected chi connectivity index (χ3v) is 5.42. The zero-order valence-corrected chi connectivity index (χ0v) is 16.5. The van der Waals surface area contributed by atoms with Crippen LogP contribution in [0.1, 0.15) is 11.3 Å². The molecule has 4 rings (SSSR count). The molecule has 1 aliphatic rings. The highest BCUT2D eigenvalue weighted by atomic mass is 32.2. The molecule has 1 aromatic heterocycles. The van der Waals surface area contributed by atoms with E-state index in [0.717, 1.165) is 23.4 Å². The third kappa shape index (κ3) is 4.00. The number of likely N-dealkylation sites (N-methyl/N-ethyl adjacent to an activating group) is 1. The Morgan fingerprint density at radius 3 is 2.55 bits per heavy atom. The number of carbonyl (C=O) groups excluding carboxylic acids is 1. The van der Waals surface area contributed by atoms with Crippen molar-refractivity contribution in [1.29, 1.82) is 0 Å². The van der Waals surface area contributed by atoms with Gasteiger partial charge in [0.25, 0.3) is 5.91 Å². The first-order chi connectivity index (χ1) is 13.9. The van der Waals surface area contributed by atoms with Crippen molar-refractivity contribution >= 4 is 34.6 Å². The fourth-order valence-electron chi connectivity index (χ4n) is 2.78. The van der Waals surface area contributed by atoms with E-state index in [9.17, 15) is 13.6 Å². The van der Waals surface area contributed by atoms with Gasteiger partial charge in [-0.25, -0.2) is 13.8 Å². The molecule has 4 nitrogen and oxygen atoms in total. The van der Waals surface area contributed by atoms with Gasteiger partial charge in [-0.3, -0.25) is 9.69 Å². The van der Waals surface area contributed by atoms with Gasteiger partial charge in [0.15, 0.2) is 5.17 Å². The maximum absolute atomic E-state index is 14.0. The Kier molecular flexibility index (Phi) is 5.07. The van der Waals surface area contributed by atoms with E-state index in [-0.39, 0.29) is 17.2 Å². The van der Waals surface area contributed by atoms with Gasteiger partial charge in [-0.1, -0.05) is 17.7 Å². The largest absolute Gasteiger partial charge is 0.457 e. The second-order valence-corrected chi connectivity index (χ2v) is 7.54. The Hall–Kier alpha value is -3.19. The van der Waals surface area contributed by atoms with Gasteiger partial charge in [0.05, 0.1) is 16.2 Å². The molecule has 0 atom stereocenters. The van der Waals surface area contributed by atoms with E-state index in [2.05, 4.69) is 4.99 Å². The number of carbonyl (C=O) groups is 1. The number of benzene rings is 2. The van der Waals surface area contributed by atoms with Crippen LogP contribution >= 0.6 is 11.8 Å². The monoisotopic (exact) mass is 410 g/mol. The molecule has 1 amide bonds. The summed E-state index contributed by atoms with van der Waals surface area (Å²) in [5, 5.41) is 0.557. The molecule has 29 heavy (non-hydrogen) atoms. The normalized spacial score (nSPS) is 17.0. The summed E-state index contributed by atoms with van der Waals surface area (Å²) in [5.41, 5.74) is 2.04. The quantitative estimate of drug-likeness (QED) is 0.515. The molecule has 0 saturated carbocycles. The van der Waals surface area contributed by atoms with Crippen molar-refractivity contribution in [2.75, 3.05) is 7.05 Å². The summed E-state index contributed by atoms with van der Waals surface area (Å²) in [6.45, 7) is 1.99. The number of hydrogen-bond donors (Lipinski definition) is 0. The van der Waals surface area contributed by atoms with Crippen LogP contribution in [0.4, 0.5) is 14.5 Å². The zero-order valence-electron chi connectivity index (χ0n) is 15.6. The van der Waals surface area contributed by atoms with Crippen LogP contribution in [-0.2, 0) is 4.79 Å². The van der Waals surface area contributed by atoms with E-state index in [4.69, 9.17) is 4.42 Å². The van der Waals surface area contributed by atoms with Crippen molar-refractivity contribution in [3.05, 3.63) is 82.5 Å². The van der Waals surface area contributed by atoms with E-state index in [1.165, 1.54) is 22.7 Å². The summed E-state index contributed by atoms with van der Waals surface area (Å²) in [4.78, 5) is 19.0. The first kappa shape index (κ1) is 19.1. The minimum atomic E-state index is -0.711. The molecule has 1 fully saturated rings. The highest BCUT2D eigenvalue weighted by molar-refractivity contribution is 8.18. The lowest BCUT2D eigenvalue weighted by Crippen LogP contribution is -2.23. The minimum absolute atomic E-state index is 0.153. The van der Waals surface area contributed by atoms with Gasteiger partial charge < -0.3 is 4.42 Å². The lowest BCUT2D eigenvalue weighted by molar-refractivity contribution is -0.121. The number of nitrogens with zero attached hydrogens (tertiary/aromatic N) is 2. The Morgan fingerprint density at radius 2 is 1.83 bits per heavy atom. The molecule has 1 aliphatic heterocycles. The van der Waals surface area contributed by atoms with Crippen LogP contribution in [0.15, 0.2) is 68.9 Å². The van der Waals surface area contributed by atoms with E-state index >= 15 is 0 Å². The minimum Gasteiger partial charge on any atom is -0.457 e. The van der Waals surface area contributed by atoms with Gasteiger partial charge in [-0.2, -0.15) is 0 Å². The molecule has 0 bridgehead atoms. The van der Waals surface area contributed by atoms with Crippen LogP contribution in [0.25, 0.3) is 17.4 Å². The summed E-state index contributed by atoms with van der Waals surface area (Å²) in [5.74, 6) is -0.920. The topological polar surface area (TPSA) is 45.8 Å². The average molecular weight is 410 g/mol. The van der Waals surface area contributed by atoms with Crippen LogP contribution in [0.3, 0.4) is 0 Å². The first-order valence-corrected chi connectivity index (χ1v) is 9.60. The van der Waals surface area contributed by atoms with Gasteiger partial charge in [0.2, 0.25) is 0 Å². The van der Waals surface area contributed by atoms with E-state index in [1.807, 2.05) is 31.2 Å². The predicted molar refractivity (Wildman–Crippen MR) is 111 cm³/mol. The van der Waals surface area contributed by atoms with Crippen molar-refractivity contribution in [2.45, 2.75) is 6.92 Å². The summed E-state index contributed by atoms with van der Waals surface area (Å²) in [6.07, 6.45) is 1.59. The molecule has 1 saturated heterocycles. The van der Waals surface area contributed by atoms with Crippen LogP contribution in [-0.4, -0.2) is 23.0 Å². The van der Waals surface area contributed by atoms with E-state index in [0.29, 0.717) is 15.8 Å². The molecular formula is C22H16F2N2O2S. The Balaban J connectivity index is 1.59. The number of furan rings is 1. The molecule has 0 spiro atoms. The van der Waals surface area contributed by atoms with Gasteiger partial charge in [-0.05, 0) is 55.1 Å². The van der Waals surface area contributed by atoms with Gasteiger partial charge in [0, 0.05) is 19.2 Å². The molecule has 0 aliphatic carbocycles. The molecule has 7 heteroatoms. The summed E-state index contributed by atoms with van der Waals surface area (Å²) in [6, 6.07) is 14.2. The van der Waals surface area contributed by atoms with Crippen LogP contribution in [0.5, 0.6) is 0 Å². The molecule has 2 heterocycles. The Bertz CT molecular complexity index is 1150. The van der Waals surface area contributed by atoms with Crippen LogP contribution in [0.2, 0.25) is 0 Å². The second kappa shape index (κ2) is 7.67. The number of aryl methyl sites for hydroxylation is 1. The first-order valence-electron chi connectivity index (χ1n) is 8.79. The maximum atomic E-state index is 14.0. The van der Waals surface area contributed by atoms with Crippen molar-refractivity contribution in [3.8, 4) is 11.3 Å². The lowest BCUT2D eigenvalue weighted by Gasteiger charge is -2.07. The average Bonchev–Trinajstić information content (AvgIpc) is 3.24. The summed E-state index contributed by atoms with van der Waals surface area (Å²) >= 11 is 1.23. The maximum Gasteiger partial charge on any atom is 0.266 e. The van der Waals surface area contributed by atoms with E-state index in [1.54, 1.807) is 25.3 Å². The molecule has 146 valence electrons. The molecule has 0 N–H and O–H groups in total. The molecule has 0 radical (unpaired) electrons. The van der Waals surface area contributed by atoms with Crippen molar-refractivity contribution in [1.82, 2.24) is 4.90 Å². The third-order valence-electron chi connectivity index (χ3n) is 4.36. The lowest BCUT2D eigenvalue weighted by atomic mass is 10.1. The van der Waals surface area contributed by atoms with Gasteiger partial charge in [-0.15, -0.1) is 0 Å². The van der Waals surface area contributed by atoms with Gasteiger partial charge in [0.1, 0.15) is 23.2 Å². The smallest absolute Gasteiger partial charge is 0.266 e. The second-order valence-electron chi connectivity index (χ2n) is 6.53. The molecule has 3 aromatic rings.